The Balaban J connectivity index is 1.96. The maximum absolute atomic E-state index is 11.6. The number of amides is 2. The van der Waals surface area contributed by atoms with Gasteiger partial charge in [-0.05, 0) is 25.7 Å². The van der Waals surface area contributed by atoms with Crippen LogP contribution in [0.25, 0.3) is 0 Å². The predicted molar refractivity (Wildman–Crippen MR) is 77.7 cm³/mol. The highest BCUT2D eigenvalue weighted by Crippen LogP contribution is 2.14. The Hall–Kier alpha value is -1.12. The molecule has 0 radical (unpaired) electrons. The first-order valence-electron chi connectivity index (χ1n) is 7.70. The highest BCUT2D eigenvalue weighted by atomic mass is 16.2. The molecule has 0 saturated carbocycles. The van der Waals surface area contributed by atoms with Crippen molar-refractivity contribution in [3.05, 3.63) is 12.7 Å². The van der Waals surface area contributed by atoms with E-state index in [9.17, 15) is 9.59 Å². The summed E-state index contributed by atoms with van der Waals surface area (Å²) in [6.07, 6.45) is 13.3. The molecular formula is C16H27NO2. The average Bonchev–Trinajstić information content (AvgIpc) is 2.40. The SMILES string of the molecule is C=CCCCCCCCCCN1C(=O)CCCC1=O. The molecule has 0 bridgehead atoms. The van der Waals surface area contributed by atoms with Gasteiger partial charge in [0.15, 0.2) is 0 Å². The molecule has 0 spiro atoms. The Bertz CT molecular complexity index is 283. The molecule has 1 aliphatic heterocycles. The molecule has 19 heavy (non-hydrogen) atoms. The highest BCUT2D eigenvalue weighted by molar-refractivity contribution is 5.97. The zero-order valence-electron chi connectivity index (χ0n) is 12.0. The molecule has 0 aromatic rings. The molecule has 0 unspecified atom stereocenters. The second-order valence-electron chi connectivity index (χ2n) is 5.34. The maximum atomic E-state index is 11.6. The molecule has 1 aliphatic rings. The van der Waals surface area contributed by atoms with Crippen LogP contribution in [0.2, 0.25) is 0 Å². The van der Waals surface area contributed by atoms with E-state index in [2.05, 4.69) is 6.58 Å². The van der Waals surface area contributed by atoms with Crippen molar-refractivity contribution in [2.24, 2.45) is 0 Å². The van der Waals surface area contributed by atoms with Crippen molar-refractivity contribution in [1.29, 1.82) is 0 Å². The van der Waals surface area contributed by atoms with Crippen LogP contribution in [-0.2, 0) is 9.59 Å². The molecule has 1 saturated heterocycles. The van der Waals surface area contributed by atoms with E-state index < -0.39 is 0 Å². The normalized spacial score (nSPS) is 15.9. The number of hydrogen-bond acceptors (Lipinski definition) is 2. The van der Waals surface area contributed by atoms with Crippen LogP contribution in [0.1, 0.15) is 70.6 Å². The summed E-state index contributed by atoms with van der Waals surface area (Å²) in [5.41, 5.74) is 0. The zero-order chi connectivity index (χ0) is 13.9. The Morgan fingerprint density at radius 2 is 1.42 bits per heavy atom. The molecule has 108 valence electrons. The van der Waals surface area contributed by atoms with Crippen molar-refractivity contribution >= 4 is 11.8 Å². The number of likely N-dealkylation sites (tertiary alicyclic amines) is 1. The van der Waals surface area contributed by atoms with E-state index in [1.807, 2.05) is 6.08 Å². The smallest absolute Gasteiger partial charge is 0.229 e. The van der Waals surface area contributed by atoms with Crippen LogP contribution in [0.5, 0.6) is 0 Å². The van der Waals surface area contributed by atoms with Crippen LogP contribution >= 0.6 is 0 Å². The van der Waals surface area contributed by atoms with Gasteiger partial charge in [0.25, 0.3) is 0 Å². The number of nitrogens with zero attached hydrogens (tertiary/aromatic N) is 1. The largest absolute Gasteiger partial charge is 0.283 e. The van der Waals surface area contributed by atoms with Gasteiger partial charge < -0.3 is 0 Å². The number of carbonyl (C=O) groups excluding carboxylic acids is 2. The number of rotatable bonds is 10. The van der Waals surface area contributed by atoms with Crippen molar-refractivity contribution < 1.29 is 9.59 Å². The van der Waals surface area contributed by atoms with Crippen molar-refractivity contribution in [2.45, 2.75) is 70.6 Å². The lowest BCUT2D eigenvalue weighted by atomic mass is 10.1. The lowest BCUT2D eigenvalue weighted by molar-refractivity contribution is -0.147. The fourth-order valence-corrected chi connectivity index (χ4v) is 2.49. The third-order valence-corrected chi connectivity index (χ3v) is 3.67. The fraction of sp³-hybridized carbons (Fsp3) is 0.750. The molecule has 2 amide bonds. The average molecular weight is 265 g/mol. The molecule has 0 aliphatic carbocycles. The predicted octanol–water partition coefficient (Wildman–Crippen LogP) is 3.83. The van der Waals surface area contributed by atoms with Crippen molar-refractivity contribution in [2.75, 3.05) is 6.54 Å². The van der Waals surface area contributed by atoms with Gasteiger partial charge in [-0.3, -0.25) is 14.5 Å². The molecule has 0 aromatic heterocycles. The topological polar surface area (TPSA) is 37.4 Å². The van der Waals surface area contributed by atoms with E-state index in [1.54, 1.807) is 0 Å². The lowest BCUT2D eigenvalue weighted by Gasteiger charge is -2.24. The van der Waals surface area contributed by atoms with Crippen LogP contribution in [0.4, 0.5) is 0 Å². The minimum atomic E-state index is 0.0284. The second kappa shape index (κ2) is 9.76. The number of allylic oxidation sites excluding steroid dienone is 1. The van der Waals surface area contributed by atoms with Crippen LogP contribution in [-0.4, -0.2) is 23.3 Å². The van der Waals surface area contributed by atoms with E-state index >= 15 is 0 Å². The quantitative estimate of drug-likeness (QED) is 0.342. The van der Waals surface area contributed by atoms with Gasteiger partial charge >= 0.3 is 0 Å². The molecule has 0 aromatic carbocycles. The highest BCUT2D eigenvalue weighted by Gasteiger charge is 2.24. The summed E-state index contributed by atoms with van der Waals surface area (Å²) in [4.78, 5) is 24.6. The van der Waals surface area contributed by atoms with Gasteiger partial charge in [0, 0.05) is 19.4 Å². The van der Waals surface area contributed by atoms with E-state index in [0.29, 0.717) is 19.4 Å². The van der Waals surface area contributed by atoms with Crippen molar-refractivity contribution in [3.63, 3.8) is 0 Å². The second-order valence-corrected chi connectivity index (χ2v) is 5.34. The van der Waals surface area contributed by atoms with E-state index in [-0.39, 0.29) is 11.8 Å². The minimum Gasteiger partial charge on any atom is -0.283 e. The first-order chi connectivity index (χ1) is 9.25. The Morgan fingerprint density at radius 1 is 0.895 bits per heavy atom. The molecular weight excluding hydrogens is 238 g/mol. The van der Waals surface area contributed by atoms with Gasteiger partial charge in [-0.1, -0.05) is 38.2 Å². The standard InChI is InChI=1S/C16H27NO2/c1-2-3-4-5-6-7-8-9-10-14-17-15(18)12-11-13-16(17)19/h2H,1,3-14H2. The summed E-state index contributed by atoms with van der Waals surface area (Å²) < 4.78 is 0. The zero-order valence-corrected chi connectivity index (χ0v) is 12.0. The van der Waals surface area contributed by atoms with Gasteiger partial charge in [-0.15, -0.1) is 6.58 Å². The number of piperidine rings is 1. The van der Waals surface area contributed by atoms with Gasteiger partial charge in [0.2, 0.25) is 11.8 Å². The molecule has 1 rings (SSSR count). The first kappa shape index (κ1) is 15.9. The van der Waals surface area contributed by atoms with Gasteiger partial charge in [0.05, 0.1) is 0 Å². The maximum Gasteiger partial charge on any atom is 0.229 e. The van der Waals surface area contributed by atoms with Crippen molar-refractivity contribution in [3.8, 4) is 0 Å². The van der Waals surface area contributed by atoms with Crippen LogP contribution < -0.4 is 0 Å². The minimum absolute atomic E-state index is 0.0284. The van der Waals surface area contributed by atoms with E-state index in [4.69, 9.17) is 0 Å². The third kappa shape index (κ3) is 6.55. The Kier molecular flexibility index (Phi) is 8.19. The molecule has 1 heterocycles. The van der Waals surface area contributed by atoms with Gasteiger partial charge in [0.1, 0.15) is 0 Å². The number of unbranched alkanes of at least 4 members (excludes halogenated alkanes) is 7. The number of carbonyl (C=O) groups is 2. The molecule has 3 heteroatoms. The van der Waals surface area contributed by atoms with Crippen molar-refractivity contribution in [1.82, 2.24) is 4.90 Å². The third-order valence-electron chi connectivity index (χ3n) is 3.67. The fourth-order valence-electron chi connectivity index (χ4n) is 2.49. The monoisotopic (exact) mass is 265 g/mol. The summed E-state index contributed by atoms with van der Waals surface area (Å²) in [6.45, 7) is 4.35. The van der Waals surface area contributed by atoms with E-state index in [0.717, 1.165) is 25.7 Å². The van der Waals surface area contributed by atoms with Gasteiger partial charge in [-0.2, -0.15) is 0 Å². The van der Waals surface area contributed by atoms with Crippen LogP contribution in [0, 0.1) is 0 Å². The summed E-state index contributed by atoms with van der Waals surface area (Å²) in [5, 5.41) is 0. The first-order valence-corrected chi connectivity index (χ1v) is 7.70. The summed E-state index contributed by atoms with van der Waals surface area (Å²) in [6, 6.07) is 0. The van der Waals surface area contributed by atoms with E-state index in [1.165, 1.54) is 37.0 Å². The van der Waals surface area contributed by atoms with Gasteiger partial charge in [-0.25, -0.2) is 0 Å². The lowest BCUT2D eigenvalue weighted by Crippen LogP contribution is -2.40. The molecule has 3 nitrogen and oxygen atoms in total. The number of hydrogen-bond donors (Lipinski definition) is 0. The molecule has 0 N–H and O–H groups in total. The molecule has 0 atom stereocenters. The van der Waals surface area contributed by atoms with Crippen LogP contribution in [0.3, 0.4) is 0 Å². The molecule has 1 fully saturated rings. The Morgan fingerprint density at radius 3 is 2.00 bits per heavy atom. The summed E-state index contributed by atoms with van der Waals surface area (Å²) in [5.74, 6) is 0.0568. The summed E-state index contributed by atoms with van der Waals surface area (Å²) >= 11 is 0. The number of imide groups is 1. The summed E-state index contributed by atoms with van der Waals surface area (Å²) in [7, 11) is 0. The Labute approximate surface area is 117 Å². The van der Waals surface area contributed by atoms with Crippen LogP contribution in [0.15, 0.2) is 12.7 Å².